The molecular weight excluding hydrogens is 392 g/mol. The Hall–Kier alpha value is -2.28. The van der Waals surface area contributed by atoms with Gasteiger partial charge in [-0.3, -0.25) is 9.59 Å². The molecule has 29 heavy (non-hydrogen) atoms. The molecule has 0 bridgehead atoms. The molecule has 2 heterocycles. The van der Waals surface area contributed by atoms with Gasteiger partial charge in [0, 0.05) is 6.42 Å². The molecule has 8 nitrogen and oxygen atoms in total. The third-order valence-electron chi connectivity index (χ3n) is 6.49. The lowest BCUT2D eigenvalue weighted by Crippen LogP contribution is -3.16. The van der Waals surface area contributed by atoms with E-state index in [-0.39, 0.29) is 22.3 Å². The number of rotatable bonds is 4. The molecular formula is C20H25N4O4S+. The second kappa shape index (κ2) is 7.52. The summed E-state index contributed by atoms with van der Waals surface area (Å²) >= 11 is 0. The van der Waals surface area contributed by atoms with Gasteiger partial charge in [-0.05, 0) is 25.0 Å². The van der Waals surface area contributed by atoms with E-state index in [0.29, 0.717) is 39.3 Å². The number of piperazine rings is 1. The van der Waals surface area contributed by atoms with Crippen LogP contribution < -0.4 is 4.90 Å². The minimum absolute atomic E-state index is 0.0269. The van der Waals surface area contributed by atoms with Crippen LogP contribution in [-0.2, 0) is 19.6 Å². The van der Waals surface area contributed by atoms with Gasteiger partial charge in [-0.2, -0.15) is 9.57 Å². The van der Waals surface area contributed by atoms with E-state index >= 15 is 0 Å². The fraction of sp³-hybridized carbons (Fsp3) is 0.550. The van der Waals surface area contributed by atoms with E-state index in [1.807, 2.05) is 6.07 Å². The number of hydrogen-bond donors (Lipinski definition) is 1. The van der Waals surface area contributed by atoms with Gasteiger partial charge >= 0.3 is 0 Å². The van der Waals surface area contributed by atoms with Crippen molar-refractivity contribution >= 4 is 21.8 Å². The number of likely N-dealkylation sites (tertiary alicyclic amines) is 1. The molecule has 1 N–H and O–H groups in total. The Morgan fingerprint density at radius 1 is 1.10 bits per heavy atom. The van der Waals surface area contributed by atoms with E-state index in [2.05, 4.69) is 0 Å². The van der Waals surface area contributed by atoms with Crippen LogP contribution in [0.3, 0.4) is 0 Å². The highest BCUT2D eigenvalue weighted by molar-refractivity contribution is 7.89. The predicted octanol–water partition coefficient (Wildman–Crippen LogP) is -0.276. The molecule has 0 unspecified atom stereocenters. The first-order valence-corrected chi connectivity index (χ1v) is 11.5. The Balaban J connectivity index is 1.41. The lowest BCUT2D eigenvalue weighted by molar-refractivity contribution is -0.910. The van der Waals surface area contributed by atoms with Crippen LogP contribution in [0.5, 0.6) is 0 Å². The van der Waals surface area contributed by atoms with Gasteiger partial charge in [0.1, 0.15) is 6.07 Å². The molecule has 0 aromatic heterocycles. The van der Waals surface area contributed by atoms with Crippen molar-refractivity contribution in [2.45, 2.75) is 37.0 Å². The summed E-state index contributed by atoms with van der Waals surface area (Å²) in [5, 5.41) is 9.21. The summed E-state index contributed by atoms with van der Waals surface area (Å²) in [5.74, 6) is -0.132. The van der Waals surface area contributed by atoms with E-state index in [1.165, 1.54) is 21.3 Å². The normalized spacial score (nSPS) is 23.1. The Kier molecular flexibility index (Phi) is 5.19. The van der Waals surface area contributed by atoms with Crippen molar-refractivity contribution in [1.29, 1.82) is 5.26 Å². The zero-order valence-electron chi connectivity index (χ0n) is 16.3. The Morgan fingerprint density at radius 3 is 2.41 bits per heavy atom. The summed E-state index contributed by atoms with van der Waals surface area (Å²) in [6.07, 6.45) is 3.92. The Labute approximate surface area is 170 Å². The van der Waals surface area contributed by atoms with E-state index < -0.39 is 15.4 Å². The number of imide groups is 1. The minimum atomic E-state index is -3.75. The van der Waals surface area contributed by atoms with Gasteiger partial charge in [0.25, 0.3) is 0 Å². The molecule has 2 saturated heterocycles. The van der Waals surface area contributed by atoms with Crippen LogP contribution in [-0.4, -0.2) is 62.3 Å². The van der Waals surface area contributed by atoms with E-state index in [0.717, 1.165) is 30.6 Å². The van der Waals surface area contributed by atoms with Gasteiger partial charge in [-0.15, -0.1) is 0 Å². The molecule has 0 atom stereocenters. The highest BCUT2D eigenvalue weighted by Gasteiger charge is 2.53. The van der Waals surface area contributed by atoms with Gasteiger partial charge in [0.15, 0.2) is 6.67 Å². The number of hydrogen-bond acceptors (Lipinski definition) is 5. The maximum Gasteiger partial charge on any atom is 0.244 e. The van der Waals surface area contributed by atoms with E-state index in [1.54, 1.807) is 12.1 Å². The van der Waals surface area contributed by atoms with Crippen LogP contribution in [0, 0.1) is 16.7 Å². The molecule has 3 fully saturated rings. The molecule has 1 saturated carbocycles. The van der Waals surface area contributed by atoms with Crippen molar-refractivity contribution in [3.63, 3.8) is 0 Å². The zero-order valence-corrected chi connectivity index (χ0v) is 17.1. The highest BCUT2D eigenvalue weighted by Crippen LogP contribution is 2.46. The Morgan fingerprint density at radius 2 is 1.76 bits per heavy atom. The maximum atomic E-state index is 12.9. The average molecular weight is 418 g/mol. The first kappa shape index (κ1) is 20.0. The third kappa shape index (κ3) is 3.45. The van der Waals surface area contributed by atoms with Crippen LogP contribution in [0.25, 0.3) is 0 Å². The summed E-state index contributed by atoms with van der Waals surface area (Å²) in [6, 6.07) is 8.14. The largest absolute Gasteiger partial charge is 0.315 e. The molecule has 154 valence electrons. The molecule has 9 heteroatoms. The summed E-state index contributed by atoms with van der Waals surface area (Å²) in [5.41, 5.74) is -0.333. The number of carbonyl (C=O) groups is 2. The number of nitrogens with one attached hydrogen (secondary N) is 1. The van der Waals surface area contributed by atoms with Crippen molar-refractivity contribution in [1.82, 2.24) is 9.21 Å². The number of amides is 2. The van der Waals surface area contributed by atoms with Crippen molar-refractivity contribution in [3.05, 3.63) is 29.8 Å². The van der Waals surface area contributed by atoms with Crippen LogP contribution in [0.1, 0.15) is 37.7 Å². The molecule has 1 aromatic rings. The number of carbonyl (C=O) groups excluding carboxylic acids is 2. The number of nitriles is 1. The maximum absolute atomic E-state index is 12.9. The molecule has 0 radical (unpaired) electrons. The van der Waals surface area contributed by atoms with Crippen molar-refractivity contribution < 1.29 is 22.9 Å². The van der Waals surface area contributed by atoms with Gasteiger partial charge < -0.3 is 4.90 Å². The average Bonchev–Trinajstić information content (AvgIpc) is 3.29. The van der Waals surface area contributed by atoms with Crippen LogP contribution in [0.2, 0.25) is 0 Å². The summed E-state index contributed by atoms with van der Waals surface area (Å²) in [6.45, 7) is 1.91. The smallest absolute Gasteiger partial charge is 0.244 e. The van der Waals surface area contributed by atoms with E-state index in [4.69, 9.17) is 0 Å². The van der Waals surface area contributed by atoms with Gasteiger partial charge in [-0.1, -0.05) is 25.0 Å². The quantitative estimate of drug-likeness (QED) is 0.679. The topological polar surface area (TPSA) is 103 Å². The fourth-order valence-corrected chi connectivity index (χ4v) is 6.39. The molecule has 1 aromatic carbocycles. The molecule has 4 rings (SSSR count). The molecule has 1 spiro atoms. The highest BCUT2D eigenvalue weighted by atomic mass is 32.2. The molecule has 3 aliphatic rings. The van der Waals surface area contributed by atoms with E-state index in [9.17, 15) is 23.3 Å². The lowest BCUT2D eigenvalue weighted by atomic mass is 9.85. The van der Waals surface area contributed by atoms with Gasteiger partial charge in [0.2, 0.25) is 21.8 Å². The van der Waals surface area contributed by atoms with Gasteiger partial charge in [0.05, 0.1) is 42.1 Å². The summed E-state index contributed by atoms with van der Waals surface area (Å²) in [4.78, 5) is 27.8. The monoisotopic (exact) mass is 417 g/mol. The van der Waals surface area contributed by atoms with Crippen molar-refractivity contribution in [2.75, 3.05) is 32.8 Å². The minimum Gasteiger partial charge on any atom is -0.315 e. The Bertz CT molecular complexity index is 970. The van der Waals surface area contributed by atoms with Crippen molar-refractivity contribution in [3.8, 4) is 6.07 Å². The lowest BCUT2D eigenvalue weighted by Gasteiger charge is -2.33. The molecule has 2 amide bonds. The van der Waals surface area contributed by atoms with Crippen LogP contribution in [0.15, 0.2) is 29.2 Å². The zero-order chi connectivity index (χ0) is 20.6. The predicted molar refractivity (Wildman–Crippen MR) is 103 cm³/mol. The molecule has 2 aliphatic heterocycles. The second-order valence-electron chi connectivity index (χ2n) is 8.21. The fourth-order valence-electron chi connectivity index (χ4n) is 4.81. The second-order valence-corrected chi connectivity index (χ2v) is 10.1. The summed E-state index contributed by atoms with van der Waals surface area (Å²) < 4.78 is 27.3. The number of sulfonamides is 1. The van der Waals surface area contributed by atoms with Crippen molar-refractivity contribution in [2.24, 2.45) is 5.41 Å². The number of benzene rings is 1. The SMILES string of the molecule is N#Cc1ccccc1S(=O)(=O)N1CC[NH+](CN2C(=O)CC3(CCCC3)C2=O)CC1. The standard InChI is InChI=1S/C20H24N4O4S/c21-14-16-5-1-2-6-17(16)29(27,28)23-11-9-22(10-12-23)15-24-18(25)13-20(19(24)26)7-3-4-8-20/h1-2,5-6H,3-4,7-13,15H2/p+1. The van der Waals surface area contributed by atoms with Crippen LogP contribution in [0.4, 0.5) is 0 Å². The first-order chi connectivity index (χ1) is 13.9. The summed E-state index contributed by atoms with van der Waals surface area (Å²) in [7, 11) is -3.75. The number of nitrogens with zero attached hydrogens (tertiary/aromatic N) is 3. The van der Waals surface area contributed by atoms with Gasteiger partial charge in [-0.25, -0.2) is 13.3 Å². The third-order valence-corrected chi connectivity index (χ3v) is 8.44. The first-order valence-electron chi connectivity index (χ1n) is 10.1. The number of quaternary nitrogens is 1. The molecule has 1 aliphatic carbocycles. The van der Waals surface area contributed by atoms with Crippen LogP contribution >= 0.6 is 0 Å².